The summed E-state index contributed by atoms with van der Waals surface area (Å²) in [5.41, 5.74) is 0. The number of allylic oxidation sites excluding steroid dienone is 14. The summed E-state index contributed by atoms with van der Waals surface area (Å²) in [6, 6.07) is 0. The Morgan fingerprint density at radius 1 is 0.284 bits per heavy atom. The summed E-state index contributed by atoms with van der Waals surface area (Å²) in [7, 11) is 0. The highest BCUT2D eigenvalue weighted by atomic mass is 16.6. The van der Waals surface area contributed by atoms with E-state index in [4.69, 9.17) is 14.2 Å². The number of rotatable bonds is 57. The van der Waals surface area contributed by atoms with Crippen molar-refractivity contribution in [1.82, 2.24) is 0 Å². The Labute approximate surface area is 458 Å². The van der Waals surface area contributed by atoms with Gasteiger partial charge in [-0.3, -0.25) is 14.4 Å². The molecule has 0 aromatic carbocycles. The molecule has 426 valence electrons. The Morgan fingerprint density at radius 3 is 0.824 bits per heavy atom. The molecule has 0 N–H and O–H groups in total. The largest absolute Gasteiger partial charge is 0.462 e. The minimum absolute atomic E-state index is 0.0763. The van der Waals surface area contributed by atoms with E-state index in [-0.39, 0.29) is 31.1 Å². The molecule has 0 spiro atoms. The van der Waals surface area contributed by atoms with E-state index in [1.807, 2.05) is 0 Å². The highest BCUT2D eigenvalue weighted by molar-refractivity contribution is 5.71. The standard InChI is InChI=1S/C68H118O6/c1-4-7-10-13-16-18-20-22-24-26-28-30-32-33-34-35-37-38-40-42-44-46-48-50-52-55-58-61-67(70)73-64-65(63-72-66(69)60-57-54-15-12-9-6-3)74-68(71)62-59-56-53-51-49-47-45-43-41-39-36-31-29-27-25-23-21-19-17-14-11-8-5-2/h7,10,16,18,21-24,27-30,33-34,65H,4-6,8-9,11-15,17,19-20,25-26,31-32,35-64H2,1-3H3/b10-7-,18-16-,23-21-,24-22-,29-27-,30-28-,34-33-. The number of ether oxygens (including phenoxy) is 3. The van der Waals surface area contributed by atoms with Crippen LogP contribution in [0.2, 0.25) is 0 Å². The van der Waals surface area contributed by atoms with Gasteiger partial charge in [0, 0.05) is 19.3 Å². The van der Waals surface area contributed by atoms with Crippen molar-refractivity contribution in [2.75, 3.05) is 13.2 Å². The van der Waals surface area contributed by atoms with Crippen LogP contribution in [0.4, 0.5) is 0 Å². The van der Waals surface area contributed by atoms with E-state index in [0.717, 1.165) is 96.3 Å². The maximum Gasteiger partial charge on any atom is 0.306 e. The van der Waals surface area contributed by atoms with Crippen molar-refractivity contribution in [3.63, 3.8) is 0 Å². The van der Waals surface area contributed by atoms with E-state index in [2.05, 4.69) is 106 Å². The van der Waals surface area contributed by atoms with Gasteiger partial charge in [-0.25, -0.2) is 0 Å². The topological polar surface area (TPSA) is 78.9 Å². The van der Waals surface area contributed by atoms with Crippen molar-refractivity contribution in [2.24, 2.45) is 0 Å². The summed E-state index contributed by atoms with van der Waals surface area (Å²) >= 11 is 0. The van der Waals surface area contributed by atoms with Gasteiger partial charge < -0.3 is 14.2 Å². The minimum Gasteiger partial charge on any atom is -0.462 e. The number of hydrogen-bond donors (Lipinski definition) is 0. The van der Waals surface area contributed by atoms with E-state index >= 15 is 0 Å². The number of carbonyl (C=O) groups excluding carboxylic acids is 3. The van der Waals surface area contributed by atoms with Crippen LogP contribution in [0.5, 0.6) is 0 Å². The third kappa shape index (κ3) is 59.5. The lowest BCUT2D eigenvalue weighted by Crippen LogP contribution is -2.30. The molecule has 0 aliphatic heterocycles. The van der Waals surface area contributed by atoms with Crippen molar-refractivity contribution in [3.05, 3.63) is 85.1 Å². The van der Waals surface area contributed by atoms with E-state index in [9.17, 15) is 14.4 Å². The quantitative estimate of drug-likeness (QED) is 0.0261. The molecular formula is C68H118O6. The van der Waals surface area contributed by atoms with Gasteiger partial charge in [-0.05, 0) is 96.3 Å². The van der Waals surface area contributed by atoms with Crippen LogP contribution in [-0.4, -0.2) is 37.2 Å². The maximum absolute atomic E-state index is 12.8. The number of carbonyl (C=O) groups is 3. The third-order valence-corrected chi connectivity index (χ3v) is 13.6. The minimum atomic E-state index is -0.776. The molecule has 0 rings (SSSR count). The molecule has 0 aliphatic carbocycles. The van der Waals surface area contributed by atoms with Crippen LogP contribution in [0, 0.1) is 0 Å². The van der Waals surface area contributed by atoms with Gasteiger partial charge in [0.05, 0.1) is 0 Å². The molecule has 0 aliphatic rings. The van der Waals surface area contributed by atoms with Gasteiger partial charge in [0.2, 0.25) is 0 Å². The third-order valence-electron chi connectivity index (χ3n) is 13.6. The summed E-state index contributed by atoms with van der Waals surface area (Å²) < 4.78 is 16.8. The molecule has 1 atom stereocenters. The lowest BCUT2D eigenvalue weighted by molar-refractivity contribution is -0.167. The smallest absolute Gasteiger partial charge is 0.306 e. The summed E-state index contributed by atoms with van der Waals surface area (Å²) in [5.74, 6) is -0.881. The molecule has 0 aromatic rings. The predicted molar refractivity (Wildman–Crippen MR) is 321 cm³/mol. The van der Waals surface area contributed by atoms with Crippen LogP contribution in [-0.2, 0) is 28.6 Å². The second-order valence-corrected chi connectivity index (χ2v) is 20.9. The summed E-state index contributed by atoms with van der Waals surface area (Å²) in [4.78, 5) is 38.0. The molecule has 0 amide bonds. The zero-order chi connectivity index (χ0) is 53.6. The molecule has 0 aromatic heterocycles. The molecule has 0 saturated heterocycles. The average Bonchev–Trinajstić information content (AvgIpc) is 3.40. The van der Waals surface area contributed by atoms with E-state index in [0.29, 0.717) is 19.3 Å². The Bertz CT molecular complexity index is 1420. The molecule has 0 radical (unpaired) electrons. The highest BCUT2D eigenvalue weighted by Gasteiger charge is 2.19. The van der Waals surface area contributed by atoms with Gasteiger partial charge in [-0.1, -0.05) is 279 Å². The molecule has 6 nitrogen and oxygen atoms in total. The van der Waals surface area contributed by atoms with Crippen LogP contribution in [0.25, 0.3) is 0 Å². The molecule has 74 heavy (non-hydrogen) atoms. The second-order valence-electron chi connectivity index (χ2n) is 20.9. The summed E-state index contributed by atoms with van der Waals surface area (Å²) in [6.07, 6.45) is 81.9. The Balaban J connectivity index is 4.10. The normalized spacial score (nSPS) is 12.6. The average molecular weight is 1030 g/mol. The lowest BCUT2D eigenvalue weighted by atomic mass is 10.0. The first kappa shape index (κ1) is 70.6. The van der Waals surface area contributed by atoms with Crippen LogP contribution >= 0.6 is 0 Å². The van der Waals surface area contributed by atoms with E-state index < -0.39 is 6.10 Å². The van der Waals surface area contributed by atoms with Crippen molar-refractivity contribution in [2.45, 2.75) is 316 Å². The van der Waals surface area contributed by atoms with Crippen LogP contribution < -0.4 is 0 Å². The van der Waals surface area contributed by atoms with E-state index in [1.54, 1.807) is 0 Å². The van der Waals surface area contributed by atoms with Crippen LogP contribution in [0.15, 0.2) is 85.1 Å². The summed E-state index contributed by atoms with van der Waals surface area (Å²) in [6.45, 7) is 6.48. The van der Waals surface area contributed by atoms with E-state index in [1.165, 1.54) is 173 Å². The summed E-state index contributed by atoms with van der Waals surface area (Å²) in [5, 5.41) is 0. The molecule has 6 heteroatoms. The fraction of sp³-hybridized carbons (Fsp3) is 0.750. The highest BCUT2D eigenvalue weighted by Crippen LogP contribution is 2.16. The Morgan fingerprint density at radius 2 is 0.527 bits per heavy atom. The Hall–Kier alpha value is -3.41. The first-order valence-corrected chi connectivity index (χ1v) is 31.6. The zero-order valence-electron chi connectivity index (χ0n) is 48.8. The molecule has 0 saturated carbocycles. The fourth-order valence-electron chi connectivity index (χ4n) is 8.91. The number of hydrogen-bond acceptors (Lipinski definition) is 6. The molecular weight excluding hydrogens is 913 g/mol. The zero-order valence-corrected chi connectivity index (χ0v) is 48.8. The van der Waals surface area contributed by atoms with Crippen molar-refractivity contribution >= 4 is 17.9 Å². The van der Waals surface area contributed by atoms with Crippen molar-refractivity contribution < 1.29 is 28.6 Å². The van der Waals surface area contributed by atoms with Crippen molar-refractivity contribution in [1.29, 1.82) is 0 Å². The maximum atomic E-state index is 12.8. The monoisotopic (exact) mass is 1030 g/mol. The van der Waals surface area contributed by atoms with Crippen LogP contribution in [0.1, 0.15) is 310 Å². The fourth-order valence-corrected chi connectivity index (χ4v) is 8.91. The van der Waals surface area contributed by atoms with Crippen LogP contribution in [0.3, 0.4) is 0 Å². The van der Waals surface area contributed by atoms with Gasteiger partial charge in [-0.15, -0.1) is 0 Å². The van der Waals surface area contributed by atoms with Gasteiger partial charge in [-0.2, -0.15) is 0 Å². The first-order chi connectivity index (χ1) is 36.5. The number of esters is 3. The first-order valence-electron chi connectivity index (χ1n) is 31.6. The Kier molecular flexibility index (Phi) is 59.3. The molecule has 0 bridgehead atoms. The molecule has 0 fully saturated rings. The van der Waals surface area contributed by atoms with Crippen molar-refractivity contribution in [3.8, 4) is 0 Å². The van der Waals surface area contributed by atoms with Gasteiger partial charge in [0.15, 0.2) is 6.10 Å². The predicted octanol–water partition coefficient (Wildman–Crippen LogP) is 21.5. The number of unbranched alkanes of at least 4 members (excludes halogenated alkanes) is 32. The van der Waals surface area contributed by atoms with Gasteiger partial charge in [0.25, 0.3) is 0 Å². The molecule has 0 heterocycles. The SMILES string of the molecule is CC/C=C\C/C=C\C/C=C\C/C=C\C/C=C\CCCCCCCCCCCCCC(=O)OCC(COC(=O)CCCCCCCC)OC(=O)CCCCCCCCCCCCC/C=C\C/C=C\CCCCCCC. The second kappa shape index (κ2) is 62.1. The van der Waals surface area contributed by atoms with Gasteiger partial charge >= 0.3 is 17.9 Å². The lowest BCUT2D eigenvalue weighted by Gasteiger charge is -2.18. The molecule has 1 unspecified atom stereocenters. The van der Waals surface area contributed by atoms with Gasteiger partial charge in [0.1, 0.15) is 13.2 Å².